The lowest BCUT2D eigenvalue weighted by Crippen LogP contribution is -2.10. The molecule has 0 atom stereocenters. The van der Waals surface area contributed by atoms with Crippen molar-refractivity contribution < 1.29 is 9.53 Å². The van der Waals surface area contributed by atoms with Crippen LogP contribution in [0.15, 0.2) is 59.8 Å². The minimum atomic E-state index is 0.0312. The Kier molecular flexibility index (Phi) is 6.38. The molecule has 0 spiro atoms. The maximum atomic E-state index is 11.4. The molecule has 3 rings (SSSR count). The third kappa shape index (κ3) is 5.91. The molecule has 1 aromatic heterocycles. The van der Waals surface area contributed by atoms with Crippen molar-refractivity contribution >= 4 is 17.5 Å². The summed E-state index contributed by atoms with van der Waals surface area (Å²) >= 11 is 1.59. The van der Waals surface area contributed by atoms with Gasteiger partial charge in [0.05, 0.1) is 0 Å². The van der Waals surface area contributed by atoms with Crippen LogP contribution in [-0.2, 0) is 11.2 Å². The monoisotopic (exact) mass is 406 g/mol. The molecule has 0 amide bonds. The van der Waals surface area contributed by atoms with E-state index >= 15 is 0 Å². The maximum Gasteiger partial charge on any atom is 0.223 e. The quantitative estimate of drug-likeness (QED) is 0.270. The fourth-order valence-electron chi connectivity index (χ4n) is 2.76. The number of hydrogen-bond acceptors (Lipinski definition) is 5. The van der Waals surface area contributed by atoms with Crippen molar-refractivity contribution in [3.05, 3.63) is 77.0 Å². The summed E-state index contributed by atoms with van der Waals surface area (Å²) in [6, 6.07) is 17.6. The molecule has 1 heterocycles. The van der Waals surface area contributed by atoms with Gasteiger partial charge in [-0.15, -0.1) is 0 Å². The number of ether oxygens (including phenoxy) is 1. The lowest BCUT2D eigenvalue weighted by atomic mass is 9.87. The molecule has 0 saturated carbocycles. The molecule has 0 aliphatic heterocycles. The van der Waals surface area contributed by atoms with E-state index < -0.39 is 0 Å². The van der Waals surface area contributed by atoms with Crippen LogP contribution in [0.4, 0.5) is 0 Å². The van der Waals surface area contributed by atoms with Gasteiger partial charge in [0.15, 0.2) is 10.9 Å². The molecular formula is C24H26N2O2S. The summed E-state index contributed by atoms with van der Waals surface area (Å²) in [5.74, 6) is 1.96. The topological polar surface area (TPSA) is 52.1 Å². The van der Waals surface area contributed by atoms with Gasteiger partial charge in [0.25, 0.3) is 0 Å². The highest BCUT2D eigenvalue weighted by Crippen LogP contribution is 2.27. The number of benzene rings is 2. The van der Waals surface area contributed by atoms with Crippen molar-refractivity contribution in [3.8, 4) is 11.6 Å². The molecule has 0 aliphatic rings. The molecule has 0 bridgehead atoms. The van der Waals surface area contributed by atoms with Gasteiger partial charge < -0.3 is 4.74 Å². The largest absolute Gasteiger partial charge is 0.439 e. The summed E-state index contributed by atoms with van der Waals surface area (Å²) < 4.78 is 5.86. The summed E-state index contributed by atoms with van der Waals surface area (Å²) in [5.41, 5.74) is 4.21. The molecule has 4 nitrogen and oxygen atoms in total. The summed E-state index contributed by atoms with van der Waals surface area (Å²) in [6.07, 6.45) is 0. The molecule has 5 heteroatoms. The van der Waals surface area contributed by atoms with Crippen molar-refractivity contribution in [1.82, 2.24) is 9.97 Å². The smallest absolute Gasteiger partial charge is 0.223 e. The van der Waals surface area contributed by atoms with E-state index in [9.17, 15) is 4.79 Å². The van der Waals surface area contributed by atoms with Crippen LogP contribution in [0.2, 0.25) is 0 Å². The third-order valence-electron chi connectivity index (χ3n) is 4.48. The van der Waals surface area contributed by atoms with Gasteiger partial charge in [-0.05, 0) is 54.7 Å². The molecule has 0 unspecified atom stereocenters. The van der Waals surface area contributed by atoms with Crippen LogP contribution in [0.25, 0.3) is 0 Å². The molecule has 29 heavy (non-hydrogen) atoms. The Morgan fingerprint density at radius 2 is 1.66 bits per heavy atom. The van der Waals surface area contributed by atoms with Gasteiger partial charge in [0.1, 0.15) is 5.75 Å². The molecule has 3 aromatic rings. The Balaban J connectivity index is 1.68. The number of rotatable bonds is 6. The van der Waals surface area contributed by atoms with E-state index in [0.29, 0.717) is 22.3 Å². The first-order chi connectivity index (χ1) is 13.7. The third-order valence-corrected chi connectivity index (χ3v) is 5.40. The fraction of sp³-hybridized carbons (Fsp3) is 0.292. The van der Waals surface area contributed by atoms with E-state index in [2.05, 4.69) is 55.0 Å². The summed E-state index contributed by atoms with van der Waals surface area (Å²) in [4.78, 5) is 20.4. The van der Waals surface area contributed by atoms with Gasteiger partial charge in [0, 0.05) is 23.1 Å². The van der Waals surface area contributed by atoms with Crippen molar-refractivity contribution in [2.45, 2.75) is 50.9 Å². The van der Waals surface area contributed by atoms with Crippen molar-refractivity contribution in [3.63, 3.8) is 0 Å². The summed E-state index contributed by atoms with van der Waals surface area (Å²) in [7, 11) is 0. The van der Waals surface area contributed by atoms with Gasteiger partial charge in [-0.2, -0.15) is 4.98 Å². The van der Waals surface area contributed by atoms with E-state index in [1.165, 1.54) is 11.1 Å². The number of aromatic nitrogens is 2. The number of thioether (sulfide) groups is 1. The lowest BCUT2D eigenvalue weighted by molar-refractivity contribution is 0.101. The van der Waals surface area contributed by atoms with E-state index in [1.54, 1.807) is 49.0 Å². The van der Waals surface area contributed by atoms with Gasteiger partial charge in [-0.1, -0.05) is 56.8 Å². The van der Waals surface area contributed by atoms with Crippen LogP contribution in [0.3, 0.4) is 0 Å². The first-order valence-electron chi connectivity index (χ1n) is 9.57. The lowest BCUT2D eigenvalue weighted by Gasteiger charge is -2.19. The predicted molar refractivity (Wildman–Crippen MR) is 118 cm³/mol. The Labute approximate surface area is 176 Å². The summed E-state index contributed by atoms with van der Waals surface area (Å²) in [6.45, 7) is 10.1. The minimum absolute atomic E-state index is 0.0312. The van der Waals surface area contributed by atoms with Crippen molar-refractivity contribution in [2.75, 3.05) is 0 Å². The number of aryl methyl sites for hydroxylation is 1. The Morgan fingerprint density at radius 3 is 2.24 bits per heavy atom. The zero-order chi connectivity index (χ0) is 21.0. The van der Waals surface area contributed by atoms with Gasteiger partial charge in [-0.3, -0.25) is 4.79 Å². The molecular weight excluding hydrogens is 380 g/mol. The number of nitrogens with zero attached hydrogens (tertiary/aromatic N) is 2. The predicted octanol–water partition coefficient (Wildman–Crippen LogP) is 6.37. The summed E-state index contributed by atoms with van der Waals surface area (Å²) in [5, 5.41) is 0.681. The standard InChI is InChI=1S/C24H26N2O2S/c1-16-14-22(28-21-12-8-19(9-13-21)17(2)27)26-23(25-16)29-15-18-6-10-20(11-7-18)24(3,4)5/h6-14H,15H2,1-5H3. The van der Waals surface area contributed by atoms with Crippen LogP contribution in [-0.4, -0.2) is 15.8 Å². The van der Waals surface area contributed by atoms with E-state index in [4.69, 9.17) is 4.74 Å². The van der Waals surface area contributed by atoms with Gasteiger partial charge in [-0.25, -0.2) is 4.98 Å². The highest BCUT2D eigenvalue weighted by atomic mass is 32.2. The Morgan fingerprint density at radius 1 is 1.00 bits per heavy atom. The van der Waals surface area contributed by atoms with Crippen LogP contribution < -0.4 is 4.74 Å². The zero-order valence-corrected chi connectivity index (χ0v) is 18.3. The SMILES string of the molecule is CC(=O)c1ccc(Oc2cc(C)nc(SCc3ccc(C(C)(C)C)cc3)n2)cc1. The molecule has 0 saturated heterocycles. The molecule has 2 aromatic carbocycles. The number of ketones is 1. The molecule has 150 valence electrons. The van der Waals surface area contributed by atoms with E-state index in [1.807, 2.05) is 6.92 Å². The maximum absolute atomic E-state index is 11.4. The van der Waals surface area contributed by atoms with E-state index in [-0.39, 0.29) is 11.2 Å². The highest BCUT2D eigenvalue weighted by molar-refractivity contribution is 7.98. The first-order valence-corrected chi connectivity index (χ1v) is 10.6. The molecule has 0 radical (unpaired) electrons. The van der Waals surface area contributed by atoms with Gasteiger partial charge >= 0.3 is 0 Å². The minimum Gasteiger partial charge on any atom is -0.439 e. The second kappa shape index (κ2) is 8.78. The number of Topliss-reactive ketones (excluding diaryl/α,β-unsaturated/α-hetero) is 1. The number of carbonyl (C=O) groups excluding carboxylic acids is 1. The first kappa shape index (κ1) is 21.1. The van der Waals surface area contributed by atoms with Gasteiger partial charge in [0.2, 0.25) is 5.88 Å². The van der Waals surface area contributed by atoms with Crippen LogP contribution in [0.5, 0.6) is 11.6 Å². The Hall–Kier alpha value is -2.66. The van der Waals surface area contributed by atoms with Crippen LogP contribution in [0.1, 0.15) is 54.9 Å². The second-order valence-corrected chi connectivity index (χ2v) is 8.99. The fourth-order valence-corrected chi connectivity index (χ4v) is 3.61. The second-order valence-electron chi connectivity index (χ2n) is 8.05. The molecule has 0 aliphatic carbocycles. The van der Waals surface area contributed by atoms with Crippen molar-refractivity contribution in [2.24, 2.45) is 0 Å². The average molecular weight is 407 g/mol. The van der Waals surface area contributed by atoms with Crippen LogP contribution >= 0.6 is 11.8 Å². The zero-order valence-electron chi connectivity index (χ0n) is 17.5. The number of carbonyl (C=O) groups is 1. The normalized spacial score (nSPS) is 11.3. The molecule has 0 N–H and O–H groups in total. The molecule has 0 fully saturated rings. The highest BCUT2D eigenvalue weighted by Gasteiger charge is 2.13. The average Bonchev–Trinajstić information content (AvgIpc) is 2.66. The number of hydrogen-bond donors (Lipinski definition) is 0. The van der Waals surface area contributed by atoms with E-state index in [0.717, 1.165) is 11.4 Å². The van der Waals surface area contributed by atoms with Crippen LogP contribution in [0, 0.1) is 6.92 Å². The van der Waals surface area contributed by atoms with Crippen molar-refractivity contribution in [1.29, 1.82) is 0 Å². The Bertz CT molecular complexity index is 991.